The predicted molar refractivity (Wildman–Crippen MR) is 96.8 cm³/mol. The van der Waals surface area contributed by atoms with Crippen LogP contribution in [0.25, 0.3) is 0 Å². The highest BCUT2D eigenvalue weighted by molar-refractivity contribution is 8.00. The zero-order valence-corrected chi connectivity index (χ0v) is 14.2. The molecule has 1 N–H and O–H groups in total. The van der Waals surface area contributed by atoms with Crippen molar-refractivity contribution < 1.29 is 4.79 Å². The van der Waals surface area contributed by atoms with Gasteiger partial charge in [-0.2, -0.15) is 0 Å². The summed E-state index contributed by atoms with van der Waals surface area (Å²) < 4.78 is 0. The van der Waals surface area contributed by atoms with E-state index in [0.717, 1.165) is 18.6 Å². The van der Waals surface area contributed by atoms with Crippen molar-refractivity contribution in [3.05, 3.63) is 65.2 Å². The number of rotatable bonds is 7. The average molecular weight is 334 g/mol. The smallest absolute Gasteiger partial charge is 0.237 e. The molecule has 0 heterocycles. The number of hydrogen-bond donors (Lipinski definition) is 1. The van der Waals surface area contributed by atoms with Gasteiger partial charge in [-0.15, -0.1) is 11.8 Å². The summed E-state index contributed by atoms with van der Waals surface area (Å²) >= 11 is 7.72. The molecule has 0 radical (unpaired) electrons. The minimum absolute atomic E-state index is 0.00203. The first-order valence-corrected chi connectivity index (χ1v) is 8.80. The molecule has 116 valence electrons. The Labute approximate surface area is 141 Å². The molecule has 0 unspecified atom stereocenters. The van der Waals surface area contributed by atoms with Gasteiger partial charge in [-0.1, -0.05) is 54.1 Å². The van der Waals surface area contributed by atoms with Crippen LogP contribution in [0.3, 0.4) is 0 Å². The highest BCUT2D eigenvalue weighted by atomic mass is 35.5. The van der Waals surface area contributed by atoms with Gasteiger partial charge in [0.05, 0.1) is 16.0 Å². The molecule has 0 aliphatic heterocycles. The van der Waals surface area contributed by atoms with Crippen molar-refractivity contribution in [2.45, 2.75) is 25.0 Å². The fourth-order valence-corrected chi connectivity index (χ4v) is 3.11. The first-order valence-electron chi connectivity index (χ1n) is 7.38. The Morgan fingerprint density at radius 2 is 1.82 bits per heavy atom. The van der Waals surface area contributed by atoms with Gasteiger partial charge in [0.2, 0.25) is 5.91 Å². The van der Waals surface area contributed by atoms with Crippen molar-refractivity contribution in [3.8, 4) is 0 Å². The molecule has 0 bridgehead atoms. The van der Waals surface area contributed by atoms with Gasteiger partial charge in [0.1, 0.15) is 0 Å². The molecule has 0 fully saturated rings. The van der Waals surface area contributed by atoms with E-state index >= 15 is 0 Å². The third kappa shape index (κ3) is 5.39. The number of halogens is 1. The molecular weight excluding hydrogens is 314 g/mol. The number of thioether (sulfide) groups is 1. The van der Waals surface area contributed by atoms with Crippen LogP contribution in [0.15, 0.2) is 54.6 Å². The van der Waals surface area contributed by atoms with E-state index in [4.69, 9.17) is 11.6 Å². The Kier molecular flexibility index (Phi) is 6.81. The quantitative estimate of drug-likeness (QED) is 0.720. The third-order valence-corrected chi connectivity index (χ3v) is 4.89. The second-order valence-electron chi connectivity index (χ2n) is 5.07. The van der Waals surface area contributed by atoms with Gasteiger partial charge < -0.3 is 5.32 Å². The number of carbonyl (C=O) groups is 1. The van der Waals surface area contributed by atoms with E-state index in [-0.39, 0.29) is 11.2 Å². The van der Waals surface area contributed by atoms with Crippen molar-refractivity contribution in [2.24, 2.45) is 0 Å². The molecule has 2 nitrogen and oxygen atoms in total. The second-order valence-corrected chi connectivity index (χ2v) is 6.93. The molecule has 2 rings (SSSR count). The highest BCUT2D eigenvalue weighted by Gasteiger charge is 2.14. The first-order chi connectivity index (χ1) is 10.7. The molecule has 2 aromatic rings. The van der Waals surface area contributed by atoms with E-state index in [1.807, 2.05) is 31.2 Å². The first kappa shape index (κ1) is 16.9. The molecule has 0 aliphatic carbocycles. The fourth-order valence-electron chi connectivity index (χ4n) is 2.05. The van der Waals surface area contributed by atoms with Crippen LogP contribution < -0.4 is 5.32 Å². The topological polar surface area (TPSA) is 29.1 Å². The molecule has 1 atom stereocenters. The second kappa shape index (κ2) is 8.86. The zero-order chi connectivity index (χ0) is 15.8. The number of carbonyl (C=O) groups excluding carboxylic acids is 1. The summed E-state index contributed by atoms with van der Waals surface area (Å²) in [6.07, 6.45) is 2.12. The van der Waals surface area contributed by atoms with Crippen molar-refractivity contribution >= 4 is 35.0 Å². The lowest BCUT2D eigenvalue weighted by molar-refractivity contribution is -0.115. The van der Waals surface area contributed by atoms with E-state index < -0.39 is 0 Å². The number of para-hydroxylation sites is 1. The van der Waals surface area contributed by atoms with E-state index in [0.29, 0.717) is 10.7 Å². The molecule has 4 heteroatoms. The minimum Gasteiger partial charge on any atom is -0.324 e. The molecule has 0 saturated heterocycles. The van der Waals surface area contributed by atoms with Crippen molar-refractivity contribution in [2.75, 3.05) is 11.1 Å². The summed E-state index contributed by atoms with van der Waals surface area (Å²) in [6.45, 7) is 1.93. The number of aryl methyl sites for hydroxylation is 1. The lowest BCUT2D eigenvalue weighted by atomic mass is 10.1. The van der Waals surface area contributed by atoms with Crippen LogP contribution in [0.1, 0.15) is 18.9 Å². The van der Waals surface area contributed by atoms with Gasteiger partial charge in [0.15, 0.2) is 0 Å². The molecule has 0 aromatic heterocycles. The van der Waals surface area contributed by atoms with E-state index in [1.54, 1.807) is 17.8 Å². The Balaban J connectivity index is 1.71. The van der Waals surface area contributed by atoms with Gasteiger partial charge in [0, 0.05) is 0 Å². The predicted octanol–water partition coefficient (Wildman–Crippen LogP) is 5.03. The number of hydrogen-bond acceptors (Lipinski definition) is 2. The maximum Gasteiger partial charge on any atom is 0.237 e. The average Bonchev–Trinajstić information content (AvgIpc) is 2.54. The summed E-state index contributed by atoms with van der Waals surface area (Å²) in [5.41, 5.74) is 2.02. The van der Waals surface area contributed by atoms with Crippen LogP contribution in [-0.2, 0) is 11.2 Å². The summed E-state index contributed by atoms with van der Waals surface area (Å²) in [4.78, 5) is 12.1. The summed E-state index contributed by atoms with van der Waals surface area (Å²) in [5, 5.41) is 3.35. The molecule has 0 aliphatic rings. The number of nitrogens with one attached hydrogen (secondary N) is 1. The Morgan fingerprint density at radius 1 is 1.14 bits per heavy atom. The van der Waals surface area contributed by atoms with Crippen LogP contribution >= 0.6 is 23.4 Å². The van der Waals surface area contributed by atoms with Crippen molar-refractivity contribution in [1.82, 2.24) is 0 Å². The maximum atomic E-state index is 12.1. The van der Waals surface area contributed by atoms with Gasteiger partial charge in [0.25, 0.3) is 0 Å². The SMILES string of the molecule is C[C@@H](SCCCc1ccccc1)C(=O)Nc1ccccc1Cl. The number of amides is 1. The molecular formula is C18H20ClNOS. The third-order valence-electron chi connectivity index (χ3n) is 3.32. The fraction of sp³-hybridized carbons (Fsp3) is 0.278. The zero-order valence-electron chi connectivity index (χ0n) is 12.6. The molecule has 0 spiro atoms. The Bertz CT molecular complexity index is 603. The summed E-state index contributed by atoms with van der Waals surface area (Å²) in [6, 6.07) is 17.7. The van der Waals surface area contributed by atoms with E-state index in [1.165, 1.54) is 5.56 Å². The monoisotopic (exact) mass is 333 g/mol. The van der Waals surface area contributed by atoms with Crippen LogP contribution in [0.2, 0.25) is 5.02 Å². The normalized spacial score (nSPS) is 11.9. The van der Waals surface area contributed by atoms with Crippen LogP contribution in [0.4, 0.5) is 5.69 Å². The van der Waals surface area contributed by atoms with Crippen LogP contribution in [0, 0.1) is 0 Å². The number of benzene rings is 2. The van der Waals surface area contributed by atoms with Crippen LogP contribution in [-0.4, -0.2) is 16.9 Å². The van der Waals surface area contributed by atoms with Crippen molar-refractivity contribution in [3.63, 3.8) is 0 Å². The largest absolute Gasteiger partial charge is 0.324 e. The lowest BCUT2D eigenvalue weighted by Gasteiger charge is -2.12. The van der Waals surface area contributed by atoms with E-state index in [9.17, 15) is 4.79 Å². The lowest BCUT2D eigenvalue weighted by Crippen LogP contribution is -2.23. The van der Waals surface area contributed by atoms with Gasteiger partial charge in [-0.3, -0.25) is 4.79 Å². The molecule has 22 heavy (non-hydrogen) atoms. The maximum absolute atomic E-state index is 12.1. The standard InChI is InChI=1S/C18H20ClNOS/c1-14(18(21)20-17-12-6-5-11-16(17)19)22-13-7-10-15-8-3-2-4-9-15/h2-6,8-9,11-12,14H,7,10,13H2,1H3,(H,20,21)/t14-/m1/s1. The van der Waals surface area contributed by atoms with Crippen molar-refractivity contribution in [1.29, 1.82) is 0 Å². The summed E-state index contributed by atoms with van der Waals surface area (Å²) in [7, 11) is 0. The number of anilines is 1. The molecule has 2 aromatic carbocycles. The van der Waals surface area contributed by atoms with Gasteiger partial charge in [-0.25, -0.2) is 0 Å². The Morgan fingerprint density at radius 3 is 2.55 bits per heavy atom. The van der Waals surface area contributed by atoms with E-state index in [2.05, 4.69) is 29.6 Å². The van der Waals surface area contributed by atoms with Gasteiger partial charge >= 0.3 is 0 Å². The van der Waals surface area contributed by atoms with Gasteiger partial charge in [-0.05, 0) is 43.2 Å². The molecule has 1 amide bonds. The minimum atomic E-state index is -0.0907. The van der Waals surface area contributed by atoms with Crippen LogP contribution in [0.5, 0.6) is 0 Å². The molecule has 0 saturated carbocycles. The summed E-state index contributed by atoms with van der Waals surface area (Å²) in [5.74, 6) is 0.962. The highest BCUT2D eigenvalue weighted by Crippen LogP contribution is 2.22. The Hall–Kier alpha value is -1.45.